The molecule has 106 valence electrons. The molecule has 1 aromatic carbocycles. The Labute approximate surface area is 120 Å². The second-order valence-electron chi connectivity index (χ2n) is 5.84. The topological polar surface area (TPSA) is 47.0 Å². The fourth-order valence-electron chi connectivity index (χ4n) is 1.96. The van der Waals surface area contributed by atoms with Gasteiger partial charge in [-0.15, -0.1) is 0 Å². The molecule has 0 aliphatic carbocycles. The molecule has 4 heteroatoms. The van der Waals surface area contributed by atoms with Crippen molar-refractivity contribution in [3.63, 3.8) is 0 Å². The van der Waals surface area contributed by atoms with Gasteiger partial charge in [0.2, 0.25) is 5.88 Å². The van der Waals surface area contributed by atoms with Crippen LogP contribution in [0, 0.1) is 6.92 Å². The van der Waals surface area contributed by atoms with Crippen molar-refractivity contribution in [2.75, 3.05) is 12.4 Å². The lowest BCUT2D eigenvalue weighted by atomic mass is 9.86. The monoisotopic (exact) mass is 271 g/mol. The van der Waals surface area contributed by atoms with Gasteiger partial charge in [0.25, 0.3) is 0 Å². The number of hydrogen-bond donors (Lipinski definition) is 1. The van der Waals surface area contributed by atoms with Crippen LogP contribution in [0.4, 0.5) is 5.82 Å². The van der Waals surface area contributed by atoms with Crippen molar-refractivity contribution < 1.29 is 4.74 Å². The molecule has 20 heavy (non-hydrogen) atoms. The van der Waals surface area contributed by atoms with Gasteiger partial charge in [0.05, 0.1) is 12.4 Å². The minimum atomic E-state index is 0.0110. The summed E-state index contributed by atoms with van der Waals surface area (Å²) in [5, 5.41) is 2.96. The van der Waals surface area contributed by atoms with Crippen LogP contribution in [0.1, 0.15) is 31.9 Å². The first-order valence-electron chi connectivity index (χ1n) is 6.69. The highest BCUT2D eigenvalue weighted by Gasteiger charge is 2.19. The quantitative estimate of drug-likeness (QED) is 0.919. The van der Waals surface area contributed by atoms with E-state index in [0.717, 1.165) is 16.9 Å². The van der Waals surface area contributed by atoms with E-state index in [0.29, 0.717) is 11.7 Å². The minimum Gasteiger partial charge on any atom is -0.437 e. The maximum absolute atomic E-state index is 5.95. The smallest absolute Gasteiger partial charge is 0.239 e. The van der Waals surface area contributed by atoms with Gasteiger partial charge in [-0.05, 0) is 24.0 Å². The van der Waals surface area contributed by atoms with Gasteiger partial charge in [0.1, 0.15) is 11.6 Å². The van der Waals surface area contributed by atoms with Crippen LogP contribution in [0.25, 0.3) is 0 Å². The number of benzene rings is 1. The zero-order valence-corrected chi connectivity index (χ0v) is 12.7. The summed E-state index contributed by atoms with van der Waals surface area (Å²) in [6.45, 7) is 8.55. The molecular formula is C16H21N3O. The van der Waals surface area contributed by atoms with Gasteiger partial charge >= 0.3 is 0 Å². The molecular weight excluding hydrogens is 250 g/mol. The number of hydrogen-bond acceptors (Lipinski definition) is 4. The number of nitrogens with one attached hydrogen (secondary N) is 1. The van der Waals surface area contributed by atoms with E-state index in [-0.39, 0.29) is 5.41 Å². The number of ether oxygens (including phenoxy) is 1. The van der Waals surface area contributed by atoms with E-state index in [4.69, 9.17) is 4.74 Å². The Hall–Kier alpha value is -2.10. The zero-order valence-electron chi connectivity index (χ0n) is 12.7. The van der Waals surface area contributed by atoms with Crippen molar-refractivity contribution >= 4 is 5.82 Å². The van der Waals surface area contributed by atoms with Gasteiger partial charge in [0.15, 0.2) is 0 Å². The molecule has 1 N–H and O–H groups in total. The first-order chi connectivity index (χ1) is 9.40. The van der Waals surface area contributed by atoms with Crippen molar-refractivity contribution in [3.8, 4) is 11.6 Å². The Morgan fingerprint density at radius 1 is 1.15 bits per heavy atom. The Balaban J connectivity index is 2.39. The maximum Gasteiger partial charge on any atom is 0.239 e. The van der Waals surface area contributed by atoms with E-state index in [1.165, 1.54) is 0 Å². The molecule has 0 amide bonds. The molecule has 1 aromatic heterocycles. The van der Waals surface area contributed by atoms with E-state index >= 15 is 0 Å². The Kier molecular flexibility index (Phi) is 3.93. The lowest BCUT2D eigenvalue weighted by Gasteiger charge is -2.22. The molecule has 0 atom stereocenters. The number of nitrogens with zero attached hydrogens (tertiary/aromatic N) is 2. The summed E-state index contributed by atoms with van der Waals surface area (Å²) in [5.41, 5.74) is 2.32. The predicted octanol–water partition coefficient (Wildman–Crippen LogP) is 3.92. The third kappa shape index (κ3) is 3.26. The first-order valence-corrected chi connectivity index (χ1v) is 6.69. The summed E-state index contributed by atoms with van der Waals surface area (Å²) >= 11 is 0. The summed E-state index contributed by atoms with van der Waals surface area (Å²) in [4.78, 5) is 8.46. The van der Waals surface area contributed by atoms with Gasteiger partial charge < -0.3 is 10.1 Å². The lowest BCUT2D eigenvalue weighted by Crippen LogP contribution is -2.12. The Morgan fingerprint density at radius 3 is 2.55 bits per heavy atom. The van der Waals surface area contributed by atoms with Crippen LogP contribution in [0.3, 0.4) is 0 Å². The largest absolute Gasteiger partial charge is 0.437 e. The summed E-state index contributed by atoms with van der Waals surface area (Å²) < 4.78 is 5.95. The Morgan fingerprint density at radius 2 is 1.90 bits per heavy atom. The van der Waals surface area contributed by atoms with E-state index in [1.807, 2.05) is 6.07 Å². The van der Waals surface area contributed by atoms with Gasteiger partial charge in [0, 0.05) is 12.6 Å². The summed E-state index contributed by atoms with van der Waals surface area (Å²) in [6.07, 6.45) is 3.28. The summed E-state index contributed by atoms with van der Waals surface area (Å²) in [6, 6.07) is 6.25. The van der Waals surface area contributed by atoms with Gasteiger partial charge in [-0.1, -0.05) is 32.9 Å². The SMILES string of the molecule is CNc1cncc(Oc2cc(C)ccc2C(C)(C)C)n1. The number of aromatic nitrogens is 2. The molecule has 0 fully saturated rings. The van der Waals surface area contributed by atoms with E-state index < -0.39 is 0 Å². The second-order valence-corrected chi connectivity index (χ2v) is 5.84. The van der Waals surface area contributed by atoms with Crippen LogP contribution in [0.2, 0.25) is 0 Å². The van der Waals surface area contributed by atoms with Crippen molar-refractivity contribution in [3.05, 3.63) is 41.7 Å². The molecule has 0 aliphatic rings. The molecule has 0 saturated carbocycles. The first kappa shape index (κ1) is 14.3. The van der Waals surface area contributed by atoms with Crippen molar-refractivity contribution in [1.29, 1.82) is 0 Å². The minimum absolute atomic E-state index is 0.0110. The molecule has 0 aliphatic heterocycles. The van der Waals surface area contributed by atoms with Crippen molar-refractivity contribution in [2.24, 2.45) is 0 Å². The normalized spacial score (nSPS) is 11.2. The molecule has 1 heterocycles. The zero-order chi connectivity index (χ0) is 14.8. The van der Waals surface area contributed by atoms with Gasteiger partial charge in [-0.25, -0.2) is 0 Å². The van der Waals surface area contributed by atoms with E-state index in [2.05, 4.69) is 55.1 Å². The Bertz CT molecular complexity index is 603. The third-order valence-corrected chi connectivity index (χ3v) is 3.03. The molecule has 0 saturated heterocycles. The fraction of sp³-hybridized carbons (Fsp3) is 0.375. The molecule has 0 spiro atoms. The number of aryl methyl sites for hydroxylation is 1. The summed E-state index contributed by atoms with van der Waals surface area (Å²) in [5.74, 6) is 2.01. The molecule has 0 bridgehead atoms. The second kappa shape index (κ2) is 5.49. The van der Waals surface area contributed by atoms with E-state index in [9.17, 15) is 0 Å². The van der Waals surface area contributed by atoms with Crippen LogP contribution < -0.4 is 10.1 Å². The highest BCUT2D eigenvalue weighted by molar-refractivity contribution is 5.43. The highest BCUT2D eigenvalue weighted by Crippen LogP contribution is 2.34. The maximum atomic E-state index is 5.95. The highest BCUT2D eigenvalue weighted by atomic mass is 16.5. The average molecular weight is 271 g/mol. The predicted molar refractivity (Wildman–Crippen MR) is 81.5 cm³/mol. The van der Waals surface area contributed by atoms with E-state index in [1.54, 1.807) is 19.4 Å². The molecule has 2 rings (SSSR count). The molecule has 0 unspecified atom stereocenters. The lowest BCUT2D eigenvalue weighted by molar-refractivity contribution is 0.438. The van der Waals surface area contributed by atoms with Crippen LogP contribution in [0.5, 0.6) is 11.6 Å². The molecule has 2 aromatic rings. The number of anilines is 1. The third-order valence-electron chi connectivity index (χ3n) is 3.03. The van der Waals surface area contributed by atoms with Crippen molar-refractivity contribution in [1.82, 2.24) is 9.97 Å². The fourth-order valence-corrected chi connectivity index (χ4v) is 1.96. The molecule has 4 nitrogen and oxygen atoms in total. The average Bonchev–Trinajstić information content (AvgIpc) is 2.37. The number of rotatable bonds is 3. The van der Waals surface area contributed by atoms with Crippen LogP contribution in [-0.2, 0) is 5.41 Å². The molecule has 0 radical (unpaired) electrons. The summed E-state index contributed by atoms with van der Waals surface area (Å²) in [7, 11) is 1.81. The van der Waals surface area contributed by atoms with Crippen molar-refractivity contribution in [2.45, 2.75) is 33.1 Å². The van der Waals surface area contributed by atoms with Gasteiger partial charge in [-0.2, -0.15) is 4.98 Å². The standard InChI is InChI=1S/C16H21N3O/c1-11-6-7-12(16(2,3)4)13(8-11)20-15-10-18-9-14(17-5)19-15/h6-10H,1-5H3,(H,17,19). The van der Waals surface area contributed by atoms with Crippen LogP contribution >= 0.6 is 0 Å². The van der Waals surface area contributed by atoms with Gasteiger partial charge in [-0.3, -0.25) is 4.98 Å². The van der Waals surface area contributed by atoms with Crippen LogP contribution in [-0.4, -0.2) is 17.0 Å². The van der Waals surface area contributed by atoms with Crippen LogP contribution in [0.15, 0.2) is 30.6 Å².